The third-order valence-corrected chi connectivity index (χ3v) is 4.98. The summed E-state index contributed by atoms with van der Waals surface area (Å²) in [6.07, 6.45) is 5.41. The molecule has 1 aliphatic heterocycles. The van der Waals surface area contributed by atoms with Gasteiger partial charge in [-0.25, -0.2) is 0 Å². The van der Waals surface area contributed by atoms with Gasteiger partial charge in [0.25, 0.3) is 5.91 Å². The Morgan fingerprint density at radius 2 is 1.91 bits per heavy atom. The summed E-state index contributed by atoms with van der Waals surface area (Å²) in [6.45, 7) is 2.69. The highest BCUT2D eigenvalue weighted by molar-refractivity contribution is 14.1. The Morgan fingerprint density at radius 1 is 1.17 bits per heavy atom. The number of halogens is 1. The van der Waals surface area contributed by atoms with Gasteiger partial charge in [-0.1, -0.05) is 6.42 Å². The van der Waals surface area contributed by atoms with Gasteiger partial charge in [0.1, 0.15) is 5.76 Å². The molecule has 1 aromatic heterocycles. The summed E-state index contributed by atoms with van der Waals surface area (Å²) >= 11 is 2.24. The van der Waals surface area contributed by atoms with E-state index in [4.69, 9.17) is 4.42 Å². The standard InChI is InChI=1S/C18H21IN2O2/c19-15-8-6-14(7-9-15)18(22)20-13-16(17-5-4-12-23-17)21-10-2-1-3-11-21/h4-9,12,16H,1-3,10-11,13H2,(H,20,22). The first-order chi connectivity index (χ1) is 11.2. The Bertz CT molecular complexity index is 619. The van der Waals surface area contributed by atoms with Crippen LogP contribution in [0.4, 0.5) is 0 Å². The number of furan rings is 1. The largest absolute Gasteiger partial charge is 0.468 e. The van der Waals surface area contributed by atoms with Crippen LogP contribution in [0.5, 0.6) is 0 Å². The van der Waals surface area contributed by atoms with Crippen LogP contribution in [0, 0.1) is 3.57 Å². The quantitative estimate of drug-likeness (QED) is 0.743. The third-order valence-electron chi connectivity index (χ3n) is 4.27. The molecule has 1 atom stereocenters. The van der Waals surface area contributed by atoms with Crippen molar-refractivity contribution in [2.24, 2.45) is 0 Å². The lowest BCUT2D eigenvalue weighted by molar-refractivity contribution is 0.0914. The molecule has 3 rings (SSSR count). The zero-order chi connectivity index (χ0) is 16.1. The van der Waals surface area contributed by atoms with E-state index in [0.717, 1.165) is 22.4 Å². The van der Waals surface area contributed by atoms with Crippen molar-refractivity contribution >= 4 is 28.5 Å². The van der Waals surface area contributed by atoms with Crippen molar-refractivity contribution in [3.63, 3.8) is 0 Å². The van der Waals surface area contributed by atoms with Crippen molar-refractivity contribution in [2.45, 2.75) is 25.3 Å². The molecular formula is C18H21IN2O2. The normalized spacial score (nSPS) is 16.9. The third kappa shape index (κ3) is 4.35. The van der Waals surface area contributed by atoms with Crippen LogP contribution in [-0.2, 0) is 0 Å². The molecule has 2 aromatic rings. The molecule has 5 heteroatoms. The van der Waals surface area contributed by atoms with Crippen molar-refractivity contribution in [3.05, 3.63) is 57.6 Å². The van der Waals surface area contributed by atoms with Gasteiger partial charge in [-0.05, 0) is 84.9 Å². The predicted molar refractivity (Wildman–Crippen MR) is 98.4 cm³/mol. The lowest BCUT2D eigenvalue weighted by Gasteiger charge is -2.33. The van der Waals surface area contributed by atoms with E-state index in [1.807, 2.05) is 36.4 Å². The number of nitrogens with zero attached hydrogens (tertiary/aromatic N) is 1. The van der Waals surface area contributed by atoms with E-state index in [1.165, 1.54) is 19.3 Å². The summed E-state index contributed by atoms with van der Waals surface area (Å²) in [5.74, 6) is 0.893. The molecule has 1 aromatic carbocycles. The fourth-order valence-corrected chi connectivity index (χ4v) is 3.37. The van der Waals surface area contributed by atoms with E-state index in [0.29, 0.717) is 12.1 Å². The second kappa shape index (κ2) is 7.97. The SMILES string of the molecule is O=C(NCC(c1ccco1)N1CCCCC1)c1ccc(I)cc1. The summed E-state index contributed by atoms with van der Waals surface area (Å²) in [7, 11) is 0. The molecule has 1 fully saturated rings. The number of benzene rings is 1. The van der Waals surface area contributed by atoms with E-state index in [2.05, 4.69) is 32.8 Å². The molecule has 1 amide bonds. The second-order valence-corrected chi connectivity index (χ2v) is 7.09. The molecule has 2 heterocycles. The number of nitrogens with one attached hydrogen (secondary N) is 1. The Balaban J connectivity index is 1.66. The summed E-state index contributed by atoms with van der Waals surface area (Å²) in [6, 6.07) is 11.6. The minimum atomic E-state index is -0.0324. The lowest BCUT2D eigenvalue weighted by atomic mass is 10.1. The minimum Gasteiger partial charge on any atom is -0.468 e. The summed E-state index contributed by atoms with van der Waals surface area (Å²) in [5, 5.41) is 3.06. The number of carbonyl (C=O) groups excluding carboxylic acids is 1. The van der Waals surface area contributed by atoms with E-state index in [-0.39, 0.29) is 11.9 Å². The molecule has 4 nitrogen and oxygen atoms in total. The van der Waals surface area contributed by atoms with Crippen molar-refractivity contribution < 1.29 is 9.21 Å². The maximum atomic E-state index is 12.4. The molecule has 1 aliphatic rings. The number of rotatable bonds is 5. The monoisotopic (exact) mass is 424 g/mol. The zero-order valence-corrected chi connectivity index (χ0v) is 15.2. The molecule has 0 spiro atoms. The second-order valence-electron chi connectivity index (χ2n) is 5.84. The molecule has 0 radical (unpaired) electrons. The summed E-state index contributed by atoms with van der Waals surface area (Å²) in [4.78, 5) is 14.8. The number of hydrogen-bond donors (Lipinski definition) is 1. The molecule has 23 heavy (non-hydrogen) atoms. The zero-order valence-electron chi connectivity index (χ0n) is 13.0. The fraction of sp³-hybridized carbons (Fsp3) is 0.389. The molecule has 1 N–H and O–H groups in total. The molecule has 0 aliphatic carbocycles. The lowest BCUT2D eigenvalue weighted by Crippen LogP contribution is -2.40. The number of carbonyl (C=O) groups is 1. The van der Waals surface area contributed by atoms with Gasteiger partial charge in [0.05, 0.1) is 12.3 Å². The minimum absolute atomic E-state index is 0.0324. The summed E-state index contributed by atoms with van der Waals surface area (Å²) < 4.78 is 6.73. The highest BCUT2D eigenvalue weighted by Crippen LogP contribution is 2.24. The van der Waals surface area contributed by atoms with Crippen LogP contribution in [0.1, 0.15) is 41.4 Å². The summed E-state index contributed by atoms with van der Waals surface area (Å²) in [5.41, 5.74) is 0.697. The van der Waals surface area contributed by atoms with Crippen molar-refractivity contribution in [1.82, 2.24) is 10.2 Å². The average molecular weight is 424 g/mol. The number of piperidine rings is 1. The van der Waals surface area contributed by atoms with Crippen molar-refractivity contribution in [1.29, 1.82) is 0 Å². The average Bonchev–Trinajstić information content (AvgIpc) is 3.11. The molecule has 0 bridgehead atoms. The van der Waals surface area contributed by atoms with Crippen LogP contribution >= 0.6 is 22.6 Å². The topological polar surface area (TPSA) is 45.5 Å². The van der Waals surface area contributed by atoms with Crippen LogP contribution in [0.25, 0.3) is 0 Å². The molecule has 0 saturated carbocycles. The molecule has 1 unspecified atom stereocenters. The Kier molecular flexibility index (Phi) is 5.72. The first-order valence-corrected chi connectivity index (χ1v) is 9.13. The van der Waals surface area contributed by atoms with Crippen LogP contribution < -0.4 is 5.32 Å². The van der Waals surface area contributed by atoms with Gasteiger partial charge >= 0.3 is 0 Å². The maximum Gasteiger partial charge on any atom is 0.251 e. The van der Waals surface area contributed by atoms with Crippen LogP contribution in [0.2, 0.25) is 0 Å². The first-order valence-electron chi connectivity index (χ1n) is 8.05. The van der Waals surface area contributed by atoms with E-state index in [1.54, 1.807) is 6.26 Å². The molecule has 1 saturated heterocycles. The van der Waals surface area contributed by atoms with Crippen molar-refractivity contribution in [3.8, 4) is 0 Å². The van der Waals surface area contributed by atoms with Gasteiger partial charge in [0, 0.05) is 15.7 Å². The van der Waals surface area contributed by atoms with Gasteiger partial charge in [0.2, 0.25) is 0 Å². The highest BCUT2D eigenvalue weighted by atomic mass is 127. The first kappa shape index (κ1) is 16.5. The number of likely N-dealkylation sites (tertiary alicyclic amines) is 1. The highest BCUT2D eigenvalue weighted by Gasteiger charge is 2.25. The van der Waals surface area contributed by atoms with E-state index < -0.39 is 0 Å². The van der Waals surface area contributed by atoms with Gasteiger partial charge in [-0.3, -0.25) is 9.69 Å². The number of hydrogen-bond acceptors (Lipinski definition) is 3. The van der Waals surface area contributed by atoms with Crippen LogP contribution in [0.3, 0.4) is 0 Å². The van der Waals surface area contributed by atoms with E-state index >= 15 is 0 Å². The van der Waals surface area contributed by atoms with Crippen molar-refractivity contribution in [2.75, 3.05) is 19.6 Å². The fourth-order valence-electron chi connectivity index (χ4n) is 3.01. The van der Waals surface area contributed by atoms with E-state index in [9.17, 15) is 4.79 Å². The Morgan fingerprint density at radius 3 is 2.57 bits per heavy atom. The van der Waals surface area contributed by atoms with Gasteiger partial charge in [-0.2, -0.15) is 0 Å². The number of amides is 1. The Labute approximate surface area is 150 Å². The van der Waals surface area contributed by atoms with Gasteiger partial charge < -0.3 is 9.73 Å². The van der Waals surface area contributed by atoms with Gasteiger partial charge in [-0.15, -0.1) is 0 Å². The predicted octanol–water partition coefficient (Wildman–Crippen LogP) is 3.84. The van der Waals surface area contributed by atoms with Gasteiger partial charge in [0.15, 0.2) is 0 Å². The molecular weight excluding hydrogens is 403 g/mol. The van der Waals surface area contributed by atoms with Crippen LogP contribution in [-0.4, -0.2) is 30.4 Å². The Hall–Kier alpha value is -1.34. The smallest absolute Gasteiger partial charge is 0.251 e. The van der Waals surface area contributed by atoms with Crippen LogP contribution in [0.15, 0.2) is 47.1 Å². The maximum absolute atomic E-state index is 12.4. The molecule has 122 valence electrons.